The van der Waals surface area contributed by atoms with Crippen LogP contribution in [0.5, 0.6) is 0 Å². The van der Waals surface area contributed by atoms with Crippen LogP contribution in [0.4, 0.5) is 0 Å². The van der Waals surface area contributed by atoms with Gasteiger partial charge in [-0.1, -0.05) is 42.1 Å². The van der Waals surface area contributed by atoms with E-state index in [1.165, 1.54) is 32.1 Å². The molecule has 212 valence electrons. The third-order valence-electron chi connectivity index (χ3n) is 9.64. The van der Waals surface area contributed by atoms with Crippen molar-refractivity contribution in [1.82, 2.24) is 15.5 Å². The van der Waals surface area contributed by atoms with Gasteiger partial charge in [0.05, 0.1) is 36.2 Å². The van der Waals surface area contributed by atoms with Crippen molar-refractivity contribution in [2.75, 3.05) is 59.9 Å². The number of halogens is 2. The number of hydrogen-bond acceptors (Lipinski definition) is 4. The Labute approximate surface area is 239 Å². The van der Waals surface area contributed by atoms with E-state index >= 15 is 0 Å². The number of piperidine rings is 2. The number of likely N-dealkylation sites (N-methyl/N-ethyl adjacent to an activating group) is 1. The van der Waals surface area contributed by atoms with E-state index in [1.54, 1.807) is 0 Å². The zero-order valence-corrected chi connectivity index (χ0v) is 24.9. The van der Waals surface area contributed by atoms with Crippen LogP contribution in [0, 0.1) is 5.92 Å². The van der Waals surface area contributed by atoms with E-state index in [9.17, 15) is 9.59 Å². The number of carbonyl (C=O) groups is 2. The van der Waals surface area contributed by atoms with Crippen molar-refractivity contribution in [2.24, 2.45) is 5.92 Å². The topological polar surface area (TPSA) is 61.4 Å². The van der Waals surface area contributed by atoms with Crippen LogP contribution in [0.15, 0.2) is 18.2 Å². The summed E-state index contributed by atoms with van der Waals surface area (Å²) in [5.41, 5.74) is 0.775. The number of nitrogens with one attached hydrogen (secondary N) is 2. The Morgan fingerprint density at radius 1 is 1.05 bits per heavy atom. The van der Waals surface area contributed by atoms with E-state index in [2.05, 4.69) is 16.7 Å². The fourth-order valence-electron chi connectivity index (χ4n) is 7.45. The van der Waals surface area contributed by atoms with Gasteiger partial charge in [0.2, 0.25) is 0 Å². The maximum atomic E-state index is 13.9. The average molecular weight is 567 g/mol. The van der Waals surface area contributed by atoms with Crippen molar-refractivity contribution in [3.05, 3.63) is 33.8 Å². The maximum Gasteiger partial charge on any atom is 0.283 e. The van der Waals surface area contributed by atoms with Crippen molar-refractivity contribution < 1.29 is 14.1 Å². The first-order chi connectivity index (χ1) is 18.3. The van der Waals surface area contributed by atoms with E-state index in [1.807, 2.05) is 31.1 Å². The lowest BCUT2D eigenvalue weighted by molar-refractivity contribution is -0.972. The van der Waals surface area contributed by atoms with Crippen molar-refractivity contribution in [3.8, 4) is 0 Å². The summed E-state index contributed by atoms with van der Waals surface area (Å²) < 4.78 is 0.879. The van der Waals surface area contributed by atoms with Gasteiger partial charge in [-0.25, -0.2) is 0 Å². The molecule has 3 fully saturated rings. The van der Waals surface area contributed by atoms with E-state index < -0.39 is 0 Å². The molecule has 1 amide bonds. The van der Waals surface area contributed by atoms with Gasteiger partial charge in [-0.15, -0.1) is 0 Å². The molecule has 4 rings (SSSR count). The molecule has 2 heterocycles. The third kappa shape index (κ3) is 6.58. The minimum atomic E-state index is -0.372. The lowest BCUT2D eigenvalue weighted by Crippen LogP contribution is -2.74. The molecule has 2 aliphatic heterocycles. The van der Waals surface area contributed by atoms with Crippen LogP contribution < -0.4 is 10.6 Å². The minimum absolute atomic E-state index is 0.186. The van der Waals surface area contributed by atoms with E-state index in [4.69, 9.17) is 23.2 Å². The summed E-state index contributed by atoms with van der Waals surface area (Å²) >= 11 is 12.7. The second-order valence-corrected chi connectivity index (χ2v) is 12.9. The SMILES string of the molecule is CN(C)C(=O)C1([N+]2(CCC(CNCC(=O)C3CCCC3)c3ccc(Cl)c(Cl)c3)CCCCC2)CCNCC1. The van der Waals surface area contributed by atoms with E-state index in [0.717, 1.165) is 74.9 Å². The van der Waals surface area contributed by atoms with Crippen LogP contribution in [0.2, 0.25) is 10.0 Å². The normalized spacial score (nSPS) is 22.2. The average Bonchev–Trinajstić information content (AvgIpc) is 3.48. The number of quaternary nitrogens is 1. The lowest BCUT2D eigenvalue weighted by atomic mass is 9.79. The number of Topliss-reactive ketones (excluding diaryl/α,β-unsaturated/α-hetero) is 1. The molecule has 6 nitrogen and oxygen atoms in total. The van der Waals surface area contributed by atoms with Crippen LogP contribution in [0.1, 0.15) is 75.7 Å². The summed E-state index contributed by atoms with van der Waals surface area (Å²) in [7, 11) is 3.83. The van der Waals surface area contributed by atoms with Crippen LogP contribution in [0.25, 0.3) is 0 Å². The van der Waals surface area contributed by atoms with Gasteiger partial charge in [-0.3, -0.25) is 9.59 Å². The molecule has 1 aliphatic carbocycles. The highest BCUT2D eigenvalue weighted by Gasteiger charge is 2.57. The van der Waals surface area contributed by atoms with Gasteiger partial charge >= 0.3 is 0 Å². The van der Waals surface area contributed by atoms with Gasteiger partial charge in [0.15, 0.2) is 5.54 Å². The summed E-state index contributed by atoms with van der Waals surface area (Å²) in [6.45, 7) is 5.98. The number of likely N-dealkylation sites (tertiary alicyclic amines) is 1. The van der Waals surface area contributed by atoms with Gasteiger partial charge in [0.1, 0.15) is 5.78 Å². The second kappa shape index (κ2) is 13.5. The summed E-state index contributed by atoms with van der Waals surface area (Å²) in [6.07, 6.45) is 10.7. The monoisotopic (exact) mass is 565 g/mol. The summed E-state index contributed by atoms with van der Waals surface area (Å²) in [6, 6.07) is 5.94. The first-order valence-electron chi connectivity index (χ1n) is 14.7. The molecule has 0 bridgehead atoms. The number of carbonyl (C=O) groups excluding carboxylic acids is 2. The molecule has 38 heavy (non-hydrogen) atoms. The molecule has 1 aromatic rings. The first-order valence-corrected chi connectivity index (χ1v) is 15.5. The van der Waals surface area contributed by atoms with Crippen LogP contribution in [-0.2, 0) is 9.59 Å². The quantitative estimate of drug-likeness (QED) is 0.369. The highest BCUT2D eigenvalue weighted by Crippen LogP contribution is 2.40. The van der Waals surface area contributed by atoms with Gasteiger partial charge in [0.25, 0.3) is 5.91 Å². The number of rotatable bonds is 11. The Hall–Kier alpha value is -1.18. The molecular weight excluding hydrogens is 519 g/mol. The van der Waals surface area contributed by atoms with Gasteiger partial charge < -0.3 is 20.0 Å². The van der Waals surface area contributed by atoms with Gasteiger partial charge in [-0.05, 0) is 49.8 Å². The number of benzene rings is 1. The highest BCUT2D eigenvalue weighted by atomic mass is 35.5. The number of amides is 1. The van der Waals surface area contributed by atoms with Crippen molar-refractivity contribution >= 4 is 34.9 Å². The number of ketones is 1. The second-order valence-electron chi connectivity index (χ2n) is 12.1. The highest BCUT2D eigenvalue weighted by molar-refractivity contribution is 6.42. The third-order valence-corrected chi connectivity index (χ3v) is 10.4. The number of hydrogen-bond donors (Lipinski definition) is 2. The maximum absolute atomic E-state index is 13.9. The summed E-state index contributed by atoms with van der Waals surface area (Å²) in [5.74, 6) is 1.05. The Bertz CT molecular complexity index is 952. The van der Waals surface area contributed by atoms with Crippen LogP contribution in [0.3, 0.4) is 0 Å². The number of nitrogens with zero attached hydrogens (tertiary/aromatic N) is 2. The van der Waals surface area contributed by atoms with Crippen molar-refractivity contribution in [2.45, 2.75) is 75.7 Å². The Kier molecular flexibility index (Phi) is 10.5. The molecule has 8 heteroatoms. The Morgan fingerprint density at radius 3 is 2.37 bits per heavy atom. The standard InChI is InChI=1S/C30H47Cl2N4O2/c1-35(2)29(38)30(13-15-33-16-14-30)36(17-6-3-7-18-36)19-12-25(24-10-11-26(31)27(32)20-24)21-34-22-28(37)23-8-4-5-9-23/h10-11,20,23,25,33-34H,3-9,12-19,21-22H2,1-2H3/q+1. The predicted molar refractivity (Wildman–Crippen MR) is 156 cm³/mol. The largest absolute Gasteiger partial charge is 0.343 e. The molecule has 3 aliphatic rings. The molecule has 2 N–H and O–H groups in total. The van der Waals surface area contributed by atoms with Crippen molar-refractivity contribution in [3.63, 3.8) is 0 Å². The molecular formula is C30H47Cl2N4O2+. The predicted octanol–water partition coefficient (Wildman–Crippen LogP) is 5.03. The van der Waals surface area contributed by atoms with E-state index in [-0.39, 0.29) is 23.3 Å². The fourth-order valence-corrected chi connectivity index (χ4v) is 7.75. The Balaban J connectivity index is 1.56. The van der Waals surface area contributed by atoms with E-state index in [0.29, 0.717) is 28.9 Å². The Morgan fingerprint density at radius 2 is 1.74 bits per heavy atom. The first kappa shape index (κ1) is 29.8. The molecule has 0 radical (unpaired) electrons. The van der Waals surface area contributed by atoms with Crippen molar-refractivity contribution in [1.29, 1.82) is 0 Å². The molecule has 1 saturated carbocycles. The summed E-state index contributed by atoms with van der Waals surface area (Å²) in [5, 5.41) is 8.13. The molecule has 0 spiro atoms. The lowest BCUT2D eigenvalue weighted by Gasteiger charge is -2.56. The smallest absolute Gasteiger partial charge is 0.283 e. The van der Waals surface area contributed by atoms with Gasteiger partial charge in [0, 0.05) is 64.8 Å². The molecule has 1 aromatic carbocycles. The minimum Gasteiger partial charge on any atom is -0.343 e. The van der Waals surface area contributed by atoms with Crippen LogP contribution in [-0.4, -0.2) is 86.5 Å². The molecule has 1 atom stereocenters. The molecule has 1 unspecified atom stereocenters. The molecule has 0 aromatic heterocycles. The van der Waals surface area contributed by atoms with Gasteiger partial charge in [-0.2, -0.15) is 0 Å². The fraction of sp³-hybridized carbons (Fsp3) is 0.733. The zero-order chi connectivity index (χ0) is 27.2. The zero-order valence-electron chi connectivity index (χ0n) is 23.4. The van der Waals surface area contributed by atoms with Crippen LogP contribution >= 0.6 is 23.2 Å². The molecule has 2 saturated heterocycles. The summed E-state index contributed by atoms with van der Waals surface area (Å²) in [4.78, 5) is 28.5.